The second-order valence-corrected chi connectivity index (χ2v) is 23.8. The van der Waals surface area contributed by atoms with Gasteiger partial charge in [-0.1, -0.05) is 218 Å². The molecule has 0 fully saturated rings. The van der Waals surface area contributed by atoms with Crippen molar-refractivity contribution in [3.05, 3.63) is 285 Å². The quantitative estimate of drug-likeness (QED) is 0.107. The Morgan fingerprint density at radius 1 is 0.333 bits per heavy atom. The lowest BCUT2D eigenvalue weighted by molar-refractivity contribution is 0.953. The van der Waals surface area contributed by atoms with E-state index in [0.29, 0.717) is 11.5 Å². The average molecular weight is 1010 g/mol. The number of hydrogen-bond acceptors (Lipinski definition) is 3. The van der Waals surface area contributed by atoms with Crippen molar-refractivity contribution >= 4 is 94.2 Å². The average Bonchev–Trinajstić information content (AvgIpc) is 4.30. The largest absolute Gasteiger partial charge is 0.309 e. The highest BCUT2D eigenvalue weighted by Gasteiger charge is 2.41. The second kappa shape index (κ2) is 18.2. The van der Waals surface area contributed by atoms with Gasteiger partial charge < -0.3 is 4.57 Å². The van der Waals surface area contributed by atoms with Gasteiger partial charge in [0.15, 0.2) is 8.07 Å². The molecule has 0 radical (unpaired) electrons. The van der Waals surface area contributed by atoms with Crippen molar-refractivity contribution in [3.63, 3.8) is 0 Å². The summed E-state index contributed by atoms with van der Waals surface area (Å²) in [7, 11) is -2.96. The molecule has 15 aromatic rings. The van der Waals surface area contributed by atoms with Crippen LogP contribution in [0.1, 0.15) is 5.56 Å². The van der Waals surface area contributed by atoms with Crippen LogP contribution in [0.15, 0.2) is 279 Å². The molecule has 0 aliphatic rings. The highest BCUT2D eigenvalue weighted by atomic mass is 28.3. The third-order valence-electron chi connectivity index (χ3n) is 15.8. The first kappa shape index (κ1) is 45.0. The Hall–Kier alpha value is -10.4. The van der Waals surface area contributed by atoms with Crippen LogP contribution in [0.4, 0.5) is 0 Å². The maximum Gasteiger partial charge on any atom is 0.237 e. The summed E-state index contributed by atoms with van der Waals surface area (Å²) in [5.41, 5.74) is 12.0. The molecular weight excluding hydrogens is 965 g/mol. The third-order valence-corrected chi connectivity index (χ3v) is 20.6. The van der Waals surface area contributed by atoms with Gasteiger partial charge in [0, 0.05) is 49.6 Å². The Bertz CT molecular complexity index is 4800. The molecule has 0 aliphatic carbocycles. The van der Waals surface area contributed by atoms with Crippen LogP contribution in [0.25, 0.3) is 105 Å². The number of nitriles is 1. The highest BCUT2D eigenvalue weighted by Crippen LogP contribution is 2.42. The van der Waals surface area contributed by atoms with Gasteiger partial charge in [-0.15, -0.1) is 0 Å². The Labute approximate surface area is 451 Å². The van der Waals surface area contributed by atoms with Crippen LogP contribution in [-0.4, -0.2) is 31.7 Å². The van der Waals surface area contributed by atoms with Crippen LogP contribution >= 0.6 is 0 Å². The van der Waals surface area contributed by atoms with E-state index in [-0.39, 0.29) is 0 Å². The second-order valence-electron chi connectivity index (χ2n) is 20.0. The highest BCUT2D eigenvalue weighted by molar-refractivity contribution is 7.20. The molecular formula is C71H46N6Si. The first-order valence-corrected chi connectivity index (χ1v) is 28.4. The van der Waals surface area contributed by atoms with E-state index in [0.717, 1.165) is 88.2 Å². The molecule has 0 bridgehead atoms. The van der Waals surface area contributed by atoms with Gasteiger partial charge >= 0.3 is 0 Å². The van der Waals surface area contributed by atoms with E-state index in [2.05, 4.69) is 287 Å². The predicted molar refractivity (Wildman–Crippen MR) is 324 cm³/mol. The molecule has 0 spiro atoms. The fraction of sp³-hybridized carbons (Fsp3) is 0. The maximum atomic E-state index is 10.1. The van der Waals surface area contributed by atoms with E-state index in [9.17, 15) is 5.26 Å². The van der Waals surface area contributed by atoms with E-state index in [1.807, 2.05) is 12.1 Å². The van der Waals surface area contributed by atoms with Gasteiger partial charge in [-0.3, -0.25) is 9.13 Å². The number of hydrogen-bond donors (Lipinski definition) is 0. The molecule has 11 aromatic carbocycles. The number of rotatable bonds is 9. The number of fused-ring (bicyclic) bond motifs is 10. The summed E-state index contributed by atoms with van der Waals surface area (Å²) in [6.07, 6.45) is 0. The Kier molecular flexibility index (Phi) is 10.5. The van der Waals surface area contributed by atoms with Crippen LogP contribution in [0.3, 0.4) is 0 Å². The van der Waals surface area contributed by atoms with Crippen molar-refractivity contribution < 1.29 is 0 Å². The van der Waals surface area contributed by atoms with Crippen molar-refractivity contribution in [1.82, 2.24) is 23.7 Å². The van der Waals surface area contributed by atoms with Gasteiger partial charge in [-0.2, -0.15) is 10.2 Å². The van der Waals surface area contributed by atoms with Crippen molar-refractivity contribution in [2.45, 2.75) is 0 Å². The number of benzene rings is 11. The number of aromatic nitrogens is 5. The van der Waals surface area contributed by atoms with Crippen molar-refractivity contribution in [1.29, 1.82) is 5.26 Å². The van der Waals surface area contributed by atoms with Crippen molar-refractivity contribution in [2.24, 2.45) is 0 Å². The van der Waals surface area contributed by atoms with E-state index >= 15 is 0 Å². The molecule has 0 atom stereocenters. The summed E-state index contributed by atoms with van der Waals surface area (Å²) in [6.45, 7) is 0. The molecule has 0 aliphatic heterocycles. The van der Waals surface area contributed by atoms with Crippen LogP contribution in [0.2, 0.25) is 0 Å². The Balaban J connectivity index is 1.01. The summed E-state index contributed by atoms with van der Waals surface area (Å²) < 4.78 is 6.90. The van der Waals surface area contributed by atoms with Gasteiger partial charge in [0.05, 0.1) is 50.4 Å². The summed E-state index contributed by atoms with van der Waals surface area (Å²) in [5.74, 6) is 1.27. The zero-order valence-corrected chi connectivity index (χ0v) is 43.2. The summed E-state index contributed by atoms with van der Waals surface area (Å²) in [5, 5.41) is 21.8. The molecule has 4 heterocycles. The fourth-order valence-corrected chi connectivity index (χ4v) is 17.2. The molecule has 4 aromatic heterocycles. The minimum Gasteiger partial charge on any atom is -0.309 e. The van der Waals surface area contributed by atoms with E-state index < -0.39 is 8.07 Å². The lowest BCUT2D eigenvalue weighted by Crippen LogP contribution is -2.74. The Morgan fingerprint density at radius 3 is 1.54 bits per heavy atom. The standard InChI is InChI=1S/C71H46N6Si/c72-47-48-36-42-66-61(44-48)58-31-14-16-33-63(58)76(66)68-46-62(50-37-39-55(40-38-50)78(53-25-9-3-10-26-53,54-27-11-4-12-28-54)56-29-19-22-51(45-56)49-20-5-1-6-21-49)73-71(74-68)77-64-34-17-13-30-57(64)59-41-43-67-69(70(59)77)60-32-15-18-35-65(60)75(67)52-23-7-2-8-24-52/h1-46H. The van der Waals surface area contributed by atoms with E-state index in [4.69, 9.17) is 9.97 Å². The normalized spacial score (nSPS) is 11.8. The van der Waals surface area contributed by atoms with Crippen LogP contribution in [-0.2, 0) is 0 Å². The minimum atomic E-state index is -2.96. The SMILES string of the molecule is N#Cc1ccc2c(c1)c1ccccc1n2-c1cc(-c2ccc([Si](c3ccccc3)(c3ccccc3)c3cccc(-c4ccccc4)c3)cc2)nc(-n2c3ccccc3c3ccc4c(c5ccccc5n4-c4ccccc4)c32)n1. The van der Waals surface area contributed by atoms with Crippen LogP contribution in [0, 0.1) is 11.3 Å². The zero-order chi connectivity index (χ0) is 51.7. The summed E-state index contributed by atoms with van der Waals surface area (Å²) in [4.78, 5) is 11.4. The smallest absolute Gasteiger partial charge is 0.237 e. The van der Waals surface area contributed by atoms with Gasteiger partial charge in [0.1, 0.15) is 5.82 Å². The topological polar surface area (TPSA) is 64.4 Å². The molecule has 0 amide bonds. The molecule has 78 heavy (non-hydrogen) atoms. The number of nitrogens with zero attached hydrogens (tertiary/aromatic N) is 6. The predicted octanol–water partition coefficient (Wildman–Crippen LogP) is 14.4. The Morgan fingerprint density at radius 2 is 0.859 bits per heavy atom. The van der Waals surface area contributed by atoms with Gasteiger partial charge in [-0.05, 0) is 86.5 Å². The summed E-state index contributed by atoms with van der Waals surface area (Å²) in [6, 6.07) is 103. The monoisotopic (exact) mass is 1010 g/mol. The fourth-order valence-electron chi connectivity index (χ4n) is 12.5. The molecule has 0 saturated carbocycles. The molecule has 15 rings (SSSR count). The molecule has 0 saturated heterocycles. The molecule has 0 N–H and O–H groups in total. The first-order chi connectivity index (χ1) is 38.7. The zero-order valence-electron chi connectivity index (χ0n) is 42.2. The number of para-hydroxylation sites is 4. The minimum absolute atomic E-state index is 0.552. The maximum absolute atomic E-state index is 10.1. The lowest BCUT2D eigenvalue weighted by Gasteiger charge is -2.34. The molecule has 7 heteroatoms. The first-order valence-electron chi connectivity index (χ1n) is 26.4. The van der Waals surface area contributed by atoms with Crippen LogP contribution < -0.4 is 20.7 Å². The van der Waals surface area contributed by atoms with Gasteiger partial charge in [0.2, 0.25) is 5.95 Å². The van der Waals surface area contributed by atoms with Crippen molar-refractivity contribution in [2.75, 3.05) is 0 Å². The third kappa shape index (κ3) is 6.94. The van der Waals surface area contributed by atoms with E-state index in [1.165, 1.54) is 31.9 Å². The summed E-state index contributed by atoms with van der Waals surface area (Å²) >= 11 is 0. The molecule has 0 unspecified atom stereocenters. The lowest BCUT2D eigenvalue weighted by atomic mass is 10.1. The van der Waals surface area contributed by atoms with E-state index in [1.54, 1.807) is 0 Å². The van der Waals surface area contributed by atoms with Gasteiger partial charge in [0.25, 0.3) is 0 Å². The van der Waals surface area contributed by atoms with Crippen molar-refractivity contribution in [3.8, 4) is 45.9 Å². The molecule has 6 nitrogen and oxygen atoms in total. The molecule has 364 valence electrons. The van der Waals surface area contributed by atoms with Gasteiger partial charge in [-0.25, -0.2) is 4.98 Å². The van der Waals surface area contributed by atoms with Crippen LogP contribution in [0.5, 0.6) is 0 Å².